The Morgan fingerprint density at radius 2 is 1.92 bits per heavy atom. The molecule has 0 bridgehead atoms. The average molecular weight is 328 g/mol. The summed E-state index contributed by atoms with van der Waals surface area (Å²) in [6.07, 6.45) is 5.69. The number of pyridine rings is 1. The second-order valence-electron chi connectivity index (χ2n) is 5.84. The summed E-state index contributed by atoms with van der Waals surface area (Å²) in [6, 6.07) is 5.46. The number of aryl methyl sites for hydroxylation is 1. The van der Waals surface area contributed by atoms with E-state index in [-0.39, 0.29) is 11.5 Å². The lowest BCUT2D eigenvalue weighted by Gasteiger charge is -2.21. The van der Waals surface area contributed by atoms with Gasteiger partial charge >= 0.3 is 5.69 Å². The van der Waals surface area contributed by atoms with Crippen molar-refractivity contribution in [2.75, 3.05) is 23.3 Å². The molecule has 24 heavy (non-hydrogen) atoms. The van der Waals surface area contributed by atoms with Gasteiger partial charge in [-0.2, -0.15) is 0 Å². The zero-order valence-electron chi connectivity index (χ0n) is 13.6. The molecule has 0 radical (unpaired) electrons. The minimum absolute atomic E-state index is 0.0947. The normalized spacial score (nSPS) is 15.0. The summed E-state index contributed by atoms with van der Waals surface area (Å²) >= 11 is 0. The van der Waals surface area contributed by atoms with Crippen molar-refractivity contribution >= 4 is 23.1 Å². The van der Waals surface area contributed by atoms with Gasteiger partial charge in [-0.3, -0.25) is 10.1 Å². The number of nitrogens with zero attached hydrogens (tertiary/aromatic N) is 5. The molecule has 1 fully saturated rings. The van der Waals surface area contributed by atoms with Crippen LogP contribution in [0.3, 0.4) is 0 Å². The molecule has 8 heteroatoms. The third-order valence-corrected chi connectivity index (χ3v) is 4.03. The molecule has 0 aromatic carbocycles. The molecule has 0 unspecified atom stereocenters. The fraction of sp³-hybridized carbons (Fsp3) is 0.438. The summed E-state index contributed by atoms with van der Waals surface area (Å²) in [5, 5.41) is 14.6. The Morgan fingerprint density at radius 3 is 2.58 bits per heavy atom. The van der Waals surface area contributed by atoms with Crippen molar-refractivity contribution in [3.8, 4) is 0 Å². The van der Waals surface area contributed by atoms with Crippen LogP contribution in [0.2, 0.25) is 0 Å². The summed E-state index contributed by atoms with van der Waals surface area (Å²) in [7, 11) is 0. The molecule has 0 amide bonds. The van der Waals surface area contributed by atoms with E-state index in [0.717, 1.165) is 44.5 Å². The van der Waals surface area contributed by atoms with Gasteiger partial charge in [-0.15, -0.1) is 0 Å². The Bertz CT molecular complexity index is 728. The molecule has 8 nitrogen and oxygen atoms in total. The number of hydrogen-bond donors (Lipinski definition) is 1. The minimum atomic E-state index is -0.418. The SMILES string of the molecule is Cc1cccc(Nc2ncnc(N3CCCCCC3)c2[N+](=O)[O-])n1. The van der Waals surface area contributed by atoms with Crippen molar-refractivity contribution in [1.82, 2.24) is 15.0 Å². The number of nitrogens with one attached hydrogen (secondary N) is 1. The van der Waals surface area contributed by atoms with E-state index in [9.17, 15) is 10.1 Å². The van der Waals surface area contributed by atoms with Crippen molar-refractivity contribution in [3.63, 3.8) is 0 Å². The van der Waals surface area contributed by atoms with E-state index in [2.05, 4.69) is 20.3 Å². The highest BCUT2D eigenvalue weighted by Gasteiger charge is 2.27. The molecule has 1 N–H and O–H groups in total. The third-order valence-electron chi connectivity index (χ3n) is 4.03. The molecule has 3 heterocycles. The van der Waals surface area contributed by atoms with E-state index in [4.69, 9.17) is 0 Å². The predicted octanol–water partition coefficient (Wildman–Crippen LogP) is 3.21. The van der Waals surface area contributed by atoms with Gasteiger partial charge < -0.3 is 10.2 Å². The lowest BCUT2D eigenvalue weighted by molar-refractivity contribution is -0.383. The maximum absolute atomic E-state index is 11.7. The molecular formula is C16H20N6O2. The van der Waals surface area contributed by atoms with Gasteiger partial charge in [0.1, 0.15) is 12.1 Å². The zero-order valence-corrected chi connectivity index (χ0v) is 13.6. The van der Waals surface area contributed by atoms with Crippen LogP contribution in [0, 0.1) is 17.0 Å². The van der Waals surface area contributed by atoms with Crippen LogP contribution >= 0.6 is 0 Å². The number of aromatic nitrogens is 3. The van der Waals surface area contributed by atoms with Gasteiger partial charge in [0.15, 0.2) is 0 Å². The molecule has 2 aromatic rings. The van der Waals surface area contributed by atoms with E-state index in [1.54, 1.807) is 6.07 Å². The highest BCUT2D eigenvalue weighted by atomic mass is 16.6. The zero-order chi connectivity index (χ0) is 16.9. The minimum Gasteiger partial charge on any atom is -0.351 e. The Hall–Kier alpha value is -2.77. The Labute approximate surface area is 140 Å². The molecular weight excluding hydrogens is 308 g/mol. The van der Waals surface area contributed by atoms with Crippen LogP contribution in [0.4, 0.5) is 23.1 Å². The largest absolute Gasteiger partial charge is 0.353 e. The van der Waals surface area contributed by atoms with Crippen molar-refractivity contribution in [1.29, 1.82) is 0 Å². The fourth-order valence-corrected chi connectivity index (χ4v) is 2.88. The maximum atomic E-state index is 11.7. The van der Waals surface area contributed by atoms with Crippen LogP contribution in [-0.4, -0.2) is 33.0 Å². The summed E-state index contributed by atoms with van der Waals surface area (Å²) < 4.78 is 0. The second kappa shape index (κ2) is 7.20. The lowest BCUT2D eigenvalue weighted by atomic mass is 10.2. The molecule has 126 valence electrons. The highest BCUT2D eigenvalue weighted by Crippen LogP contribution is 2.34. The summed E-state index contributed by atoms with van der Waals surface area (Å²) in [5.41, 5.74) is 0.729. The molecule has 1 saturated heterocycles. The molecule has 1 aliphatic heterocycles. The van der Waals surface area contributed by atoms with E-state index in [1.165, 1.54) is 6.33 Å². The van der Waals surface area contributed by atoms with E-state index in [1.807, 2.05) is 24.0 Å². The van der Waals surface area contributed by atoms with Gasteiger partial charge in [-0.05, 0) is 31.9 Å². The van der Waals surface area contributed by atoms with Gasteiger partial charge in [0.2, 0.25) is 11.6 Å². The maximum Gasteiger partial charge on any atom is 0.353 e. The van der Waals surface area contributed by atoms with Gasteiger partial charge in [-0.25, -0.2) is 15.0 Å². The monoisotopic (exact) mass is 328 g/mol. The van der Waals surface area contributed by atoms with E-state index in [0.29, 0.717) is 11.6 Å². The molecule has 2 aromatic heterocycles. The fourth-order valence-electron chi connectivity index (χ4n) is 2.88. The molecule has 0 spiro atoms. The van der Waals surface area contributed by atoms with Crippen molar-refractivity contribution < 1.29 is 4.92 Å². The molecule has 0 atom stereocenters. The van der Waals surface area contributed by atoms with Crippen LogP contribution in [0.5, 0.6) is 0 Å². The average Bonchev–Trinajstić information content (AvgIpc) is 2.83. The topological polar surface area (TPSA) is 97.1 Å². The number of nitro groups is 1. The summed E-state index contributed by atoms with van der Waals surface area (Å²) in [4.78, 5) is 25.8. The van der Waals surface area contributed by atoms with E-state index >= 15 is 0 Å². The predicted molar refractivity (Wildman–Crippen MR) is 91.6 cm³/mol. The van der Waals surface area contributed by atoms with Crippen molar-refractivity contribution in [2.45, 2.75) is 32.6 Å². The quantitative estimate of drug-likeness (QED) is 0.679. The van der Waals surface area contributed by atoms with Crippen LogP contribution < -0.4 is 10.2 Å². The Balaban J connectivity index is 1.97. The van der Waals surface area contributed by atoms with Crippen LogP contribution in [0.15, 0.2) is 24.5 Å². The van der Waals surface area contributed by atoms with Crippen LogP contribution in [0.25, 0.3) is 0 Å². The van der Waals surface area contributed by atoms with Crippen molar-refractivity contribution in [3.05, 3.63) is 40.3 Å². The first-order valence-corrected chi connectivity index (χ1v) is 8.10. The van der Waals surface area contributed by atoms with Crippen LogP contribution in [0.1, 0.15) is 31.4 Å². The number of rotatable bonds is 4. The number of anilines is 3. The van der Waals surface area contributed by atoms with E-state index < -0.39 is 4.92 Å². The van der Waals surface area contributed by atoms with Gasteiger partial charge in [0, 0.05) is 18.8 Å². The Kier molecular flexibility index (Phi) is 4.83. The van der Waals surface area contributed by atoms with Gasteiger partial charge in [0.25, 0.3) is 0 Å². The first-order chi connectivity index (χ1) is 11.6. The highest BCUT2D eigenvalue weighted by molar-refractivity contribution is 5.73. The molecule has 0 saturated carbocycles. The summed E-state index contributed by atoms with van der Waals surface area (Å²) in [6.45, 7) is 3.42. The standard InChI is InChI=1S/C16H20N6O2/c1-12-7-6-8-13(19-12)20-15-14(22(23)24)16(18-11-17-15)21-9-4-2-3-5-10-21/h6-8,11H,2-5,9-10H2,1H3,(H,17,18,19,20). The molecule has 1 aliphatic rings. The van der Waals surface area contributed by atoms with Gasteiger partial charge in [0.05, 0.1) is 4.92 Å². The number of hydrogen-bond acceptors (Lipinski definition) is 7. The van der Waals surface area contributed by atoms with Gasteiger partial charge in [-0.1, -0.05) is 18.9 Å². The smallest absolute Gasteiger partial charge is 0.351 e. The Morgan fingerprint density at radius 1 is 1.17 bits per heavy atom. The second-order valence-corrected chi connectivity index (χ2v) is 5.84. The van der Waals surface area contributed by atoms with Crippen LogP contribution in [-0.2, 0) is 0 Å². The van der Waals surface area contributed by atoms with Crippen molar-refractivity contribution in [2.24, 2.45) is 0 Å². The summed E-state index contributed by atoms with van der Waals surface area (Å²) in [5.74, 6) is 1.08. The lowest BCUT2D eigenvalue weighted by Crippen LogP contribution is -2.26. The molecule has 3 rings (SSSR count). The molecule has 0 aliphatic carbocycles. The first-order valence-electron chi connectivity index (χ1n) is 8.10. The third kappa shape index (κ3) is 3.58. The first kappa shape index (κ1) is 16.1.